The van der Waals surface area contributed by atoms with Gasteiger partial charge in [-0.3, -0.25) is 14.9 Å². The number of para-hydroxylation sites is 1. The van der Waals surface area contributed by atoms with Crippen molar-refractivity contribution in [1.82, 2.24) is 5.32 Å². The standard InChI is InChI=1S/C16H16N2O4/c1-11-9-12(7-8-14(11)18(20)21)16(19)17-10-13-5-3-4-6-15(13)22-2/h3-9H,10H2,1-2H3,(H,17,19). The Balaban J connectivity index is 2.09. The van der Waals surface area contributed by atoms with Crippen LogP contribution in [0.2, 0.25) is 0 Å². The van der Waals surface area contributed by atoms with Crippen LogP contribution in [0.3, 0.4) is 0 Å². The Kier molecular flexibility index (Phi) is 4.73. The van der Waals surface area contributed by atoms with Crippen LogP contribution in [0.4, 0.5) is 5.69 Å². The van der Waals surface area contributed by atoms with E-state index in [9.17, 15) is 14.9 Å². The van der Waals surface area contributed by atoms with Gasteiger partial charge in [0, 0.05) is 29.3 Å². The first kappa shape index (κ1) is 15.5. The number of nitrogens with one attached hydrogen (secondary N) is 1. The molecule has 6 nitrogen and oxygen atoms in total. The number of nitrogens with zero attached hydrogens (tertiary/aromatic N) is 1. The van der Waals surface area contributed by atoms with Crippen LogP contribution < -0.4 is 10.1 Å². The highest BCUT2D eigenvalue weighted by Gasteiger charge is 2.14. The molecule has 2 aromatic rings. The van der Waals surface area contributed by atoms with E-state index in [4.69, 9.17) is 4.74 Å². The lowest BCUT2D eigenvalue weighted by atomic mass is 10.1. The third-order valence-electron chi connectivity index (χ3n) is 3.29. The van der Waals surface area contributed by atoms with E-state index in [0.29, 0.717) is 23.4 Å². The van der Waals surface area contributed by atoms with Crippen molar-refractivity contribution >= 4 is 11.6 Å². The molecule has 1 N–H and O–H groups in total. The first-order chi connectivity index (χ1) is 10.5. The molecule has 2 rings (SSSR count). The van der Waals surface area contributed by atoms with E-state index in [-0.39, 0.29) is 11.6 Å². The van der Waals surface area contributed by atoms with E-state index in [2.05, 4.69) is 5.32 Å². The molecule has 0 spiro atoms. The second-order valence-corrected chi connectivity index (χ2v) is 4.75. The SMILES string of the molecule is COc1ccccc1CNC(=O)c1ccc([N+](=O)[O-])c(C)c1. The molecule has 0 aliphatic carbocycles. The molecule has 0 aliphatic heterocycles. The van der Waals surface area contributed by atoms with E-state index >= 15 is 0 Å². The second kappa shape index (κ2) is 6.71. The summed E-state index contributed by atoms with van der Waals surface area (Å²) in [5.74, 6) is 0.409. The lowest BCUT2D eigenvalue weighted by Crippen LogP contribution is -2.23. The molecule has 0 aliphatic rings. The fourth-order valence-electron chi connectivity index (χ4n) is 2.13. The summed E-state index contributed by atoms with van der Waals surface area (Å²) in [6.07, 6.45) is 0. The van der Waals surface area contributed by atoms with Gasteiger partial charge in [0.15, 0.2) is 0 Å². The fourth-order valence-corrected chi connectivity index (χ4v) is 2.13. The van der Waals surface area contributed by atoms with Gasteiger partial charge in [-0.25, -0.2) is 0 Å². The van der Waals surface area contributed by atoms with Crippen LogP contribution in [0.15, 0.2) is 42.5 Å². The van der Waals surface area contributed by atoms with Gasteiger partial charge in [-0.2, -0.15) is 0 Å². The second-order valence-electron chi connectivity index (χ2n) is 4.75. The van der Waals surface area contributed by atoms with Crippen LogP contribution in [0.1, 0.15) is 21.5 Å². The molecule has 2 aromatic carbocycles. The van der Waals surface area contributed by atoms with Crippen molar-refractivity contribution < 1.29 is 14.5 Å². The van der Waals surface area contributed by atoms with Gasteiger partial charge in [0.2, 0.25) is 0 Å². The summed E-state index contributed by atoms with van der Waals surface area (Å²) in [7, 11) is 1.57. The van der Waals surface area contributed by atoms with Gasteiger partial charge >= 0.3 is 0 Å². The number of hydrogen-bond acceptors (Lipinski definition) is 4. The van der Waals surface area contributed by atoms with Crippen LogP contribution in [0.5, 0.6) is 5.75 Å². The van der Waals surface area contributed by atoms with E-state index < -0.39 is 4.92 Å². The minimum Gasteiger partial charge on any atom is -0.496 e. The molecule has 0 heterocycles. The zero-order chi connectivity index (χ0) is 16.1. The van der Waals surface area contributed by atoms with Gasteiger partial charge in [0.1, 0.15) is 5.75 Å². The van der Waals surface area contributed by atoms with E-state index in [0.717, 1.165) is 5.56 Å². The predicted molar refractivity (Wildman–Crippen MR) is 82.0 cm³/mol. The molecule has 0 bridgehead atoms. The lowest BCUT2D eigenvalue weighted by molar-refractivity contribution is -0.385. The highest BCUT2D eigenvalue weighted by atomic mass is 16.6. The number of nitro groups is 1. The minimum absolute atomic E-state index is 0.00118. The maximum atomic E-state index is 12.1. The molecule has 0 radical (unpaired) electrons. The minimum atomic E-state index is -0.466. The van der Waals surface area contributed by atoms with Gasteiger partial charge in [-0.05, 0) is 25.1 Å². The summed E-state index contributed by atoms with van der Waals surface area (Å²) >= 11 is 0. The van der Waals surface area contributed by atoms with Crippen LogP contribution in [-0.4, -0.2) is 17.9 Å². The summed E-state index contributed by atoms with van der Waals surface area (Å²) in [6.45, 7) is 1.92. The number of nitro benzene ring substituents is 1. The highest BCUT2D eigenvalue weighted by Crippen LogP contribution is 2.19. The molecule has 0 atom stereocenters. The summed E-state index contributed by atoms with van der Waals surface area (Å²) < 4.78 is 5.22. The largest absolute Gasteiger partial charge is 0.496 e. The molecule has 0 unspecified atom stereocenters. The number of amides is 1. The topological polar surface area (TPSA) is 81.5 Å². The van der Waals surface area contributed by atoms with Gasteiger partial charge < -0.3 is 10.1 Å². The van der Waals surface area contributed by atoms with Crippen molar-refractivity contribution in [1.29, 1.82) is 0 Å². The normalized spacial score (nSPS) is 10.1. The molecule has 0 aromatic heterocycles. The van der Waals surface area contributed by atoms with Crippen LogP contribution in [0, 0.1) is 17.0 Å². The molecule has 0 fully saturated rings. The summed E-state index contributed by atoms with van der Waals surface area (Å²) in [5.41, 5.74) is 1.70. The number of rotatable bonds is 5. The van der Waals surface area contributed by atoms with Crippen LogP contribution in [0.25, 0.3) is 0 Å². The number of benzene rings is 2. The Morgan fingerprint density at radius 2 is 2.00 bits per heavy atom. The maximum Gasteiger partial charge on any atom is 0.272 e. The molecule has 6 heteroatoms. The van der Waals surface area contributed by atoms with Crippen molar-refractivity contribution in [2.75, 3.05) is 7.11 Å². The number of ether oxygens (including phenoxy) is 1. The van der Waals surface area contributed by atoms with Crippen LogP contribution >= 0.6 is 0 Å². The summed E-state index contributed by atoms with van der Waals surface area (Å²) in [5, 5.41) is 13.6. The zero-order valence-electron chi connectivity index (χ0n) is 12.3. The van der Waals surface area contributed by atoms with Crippen molar-refractivity contribution in [2.24, 2.45) is 0 Å². The third kappa shape index (κ3) is 3.41. The number of methoxy groups -OCH3 is 1. The molecule has 22 heavy (non-hydrogen) atoms. The molecule has 0 saturated heterocycles. The van der Waals surface area contributed by atoms with E-state index in [1.807, 2.05) is 24.3 Å². The molecule has 114 valence electrons. The van der Waals surface area contributed by atoms with Crippen LogP contribution in [-0.2, 0) is 6.54 Å². The zero-order valence-corrected chi connectivity index (χ0v) is 12.3. The smallest absolute Gasteiger partial charge is 0.272 e. The molecular weight excluding hydrogens is 284 g/mol. The molecular formula is C16H16N2O4. The maximum absolute atomic E-state index is 12.1. The van der Waals surface area contributed by atoms with Crippen molar-refractivity contribution in [2.45, 2.75) is 13.5 Å². The Labute approximate surface area is 127 Å². The van der Waals surface area contributed by atoms with Gasteiger partial charge in [0.05, 0.1) is 12.0 Å². The number of carbonyl (C=O) groups excluding carboxylic acids is 1. The summed E-state index contributed by atoms with van der Waals surface area (Å²) in [4.78, 5) is 22.4. The molecule has 0 saturated carbocycles. The first-order valence-corrected chi connectivity index (χ1v) is 6.68. The first-order valence-electron chi connectivity index (χ1n) is 6.68. The van der Waals surface area contributed by atoms with E-state index in [1.165, 1.54) is 18.2 Å². The van der Waals surface area contributed by atoms with Gasteiger partial charge in [-0.1, -0.05) is 18.2 Å². The Hall–Kier alpha value is -2.89. The van der Waals surface area contributed by atoms with Crippen molar-refractivity contribution in [3.8, 4) is 5.75 Å². The van der Waals surface area contributed by atoms with Gasteiger partial charge in [0.25, 0.3) is 11.6 Å². The Morgan fingerprint density at radius 1 is 1.27 bits per heavy atom. The average molecular weight is 300 g/mol. The monoisotopic (exact) mass is 300 g/mol. The highest BCUT2D eigenvalue weighted by molar-refractivity contribution is 5.94. The predicted octanol–water partition coefficient (Wildman–Crippen LogP) is 2.84. The Morgan fingerprint density at radius 3 is 2.64 bits per heavy atom. The number of aryl methyl sites for hydroxylation is 1. The van der Waals surface area contributed by atoms with Gasteiger partial charge in [-0.15, -0.1) is 0 Å². The van der Waals surface area contributed by atoms with Crippen molar-refractivity contribution in [3.05, 3.63) is 69.3 Å². The van der Waals surface area contributed by atoms with Crippen molar-refractivity contribution in [3.63, 3.8) is 0 Å². The number of carbonyl (C=O) groups is 1. The fraction of sp³-hybridized carbons (Fsp3) is 0.188. The number of hydrogen-bond donors (Lipinski definition) is 1. The Bertz CT molecular complexity index is 713. The lowest BCUT2D eigenvalue weighted by Gasteiger charge is -2.10. The third-order valence-corrected chi connectivity index (χ3v) is 3.29. The summed E-state index contributed by atoms with van der Waals surface area (Å²) in [6, 6.07) is 11.7. The average Bonchev–Trinajstić information content (AvgIpc) is 2.52. The quantitative estimate of drug-likeness (QED) is 0.680. The van der Waals surface area contributed by atoms with E-state index in [1.54, 1.807) is 14.0 Å². The molecule has 1 amide bonds.